The van der Waals surface area contributed by atoms with Gasteiger partial charge in [0.25, 0.3) is 5.91 Å². The summed E-state index contributed by atoms with van der Waals surface area (Å²) in [6.07, 6.45) is 4.93. The van der Waals surface area contributed by atoms with E-state index in [1.165, 1.54) is 23.5 Å². The number of imidazole rings is 1. The Bertz CT molecular complexity index is 977. The molecule has 1 aliphatic rings. The molecule has 1 aromatic carbocycles. The number of hydrogen-bond acceptors (Lipinski definition) is 5. The highest BCUT2D eigenvalue weighted by Gasteiger charge is 2.31. The Morgan fingerprint density at radius 3 is 2.69 bits per heavy atom. The minimum Gasteiger partial charge on any atom is -0.385 e. The summed E-state index contributed by atoms with van der Waals surface area (Å²) in [7, 11) is 1.87. The number of amides is 1. The zero-order chi connectivity index (χ0) is 20.4. The van der Waals surface area contributed by atoms with Gasteiger partial charge in [0, 0.05) is 44.3 Å². The molecule has 3 heterocycles. The van der Waals surface area contributed by atoms with Crippen molar-refractivity contribution in [2.75, 3.05) is 13.1 Å². The van der Waals surface area contributed by atoms with Gasteiger partial charge in [0.2, 0.25) is 0 Å². The fourth-order valence-corrected chi connectivity index (χ4v) is 4.52. The Balaban J connectivity index is 1.34. The van der Waals surface area contributed by atoms with Crippen molar-refractivity contribution >= 4 is 17.2 Å². The number of carbonyl (C=O) groups is 1. The Hall–Kier alpha value is -2.58. The van der Waals surface area contributed by atoms with Crippen molar-refractivity contribution in [3.05, 3.63) is 69.9 Å². The van der Waals surface area contributed by atoms with Gasteiger partial charge in [0.15, 0.2) is 0 Å². The standard InChI is InChI=1S/C21H23FN4O2S/c1-25-11-8-23-20(25)19(27)15-6-9-26(10-7-15)21(28)17-13-29-18(24-17)12-14-2-4-16(22)5-3-14/h2-5,8,11,13,15,19,27H,6-7,9-10,12H2,1H3. The number of halogens is 1. The molecule has 3 aromatic rings. The highest BCUT2D eigenvalue weighted by atomic mass is 32.1. The topological polar surface area (TPSA) is 71.2 Å². The molecule has 8 heteroatoms. The van der Waals surface area contributed by atoms with Crippen LogP contribution in [0.25, 0.3) is 0 Å². The van der Waals surface area contributed by atoms with Gasteiger partial charge in [0.1, 0.15) is 23.4 Å². The molecule has 0 saturated carbocycles. The second-order valence-electron chi connectivity index (χ2n) is 7.40. The lowest BCUT2D eigenvalue weighted by molar-refractivity contribution is 0.0417. The summed E-state index contributed by atoms with van der Waals surface area (Å²) < 4.78 is 14.9. The summed E-state index contributed by atoms with van der Waals surface area (Å²) in [6.45, 7) is 1.19. The number of aromatic nitrogens is 3. The van der Waals surface area contributed by atoms with Gasteiger partial charge in [-0.3, -0.25) is 4.79 Å². The van der Waals surface area contributed by atoms with E-state index in [2.05, 4.69) is 9.97 Å². The van der Waals surface area contributed by atoms with E-state index in [1.54, 1.807) is 28.6 Å². The van der Waals surface area contributed by atoms with Gasteiger partial charge < -0.3 is 14.6 Å². The van der Waals surface area contributed by atoms with Gasteiger partial charge in [-0.2, -0.15) is 0 Å². The van der Waals surface area contributed by atoms with Crippen molar-refractivity contribution in [2.24, 2.45) is 13.0 Å². The lowest BCUT2D eigenvalue weighted by Crippen LogP contribution is -2.40. The number of rotatable bonds is 5. The highest BCUT2D eigenvalue weighted by Crippen LogP contribution is 2.30. The Kier molecular flexibility index (Phi) is 5.73. The van der Waals surface area contributed by atoms with E-state index in [1.807, 2.05) is 17.8 Å². The van der Waals surface area contributed by atoms with Crippen LogP contribution in [-0.4, -0.2) is 43.5 Å². The van der Waals surface area contributed by atoms with E-state index in [-0.39, 0.29) is 17.6 Å². The predicted octanol–water partition coefficient (Wildman–Crippen LogP) is 3.19. The second-order valence-corrected chi connectivity index (χ2v) is 8.34. The van der Waals surface area contributed by atoms with Crippen LogP contribution in [0.4, 0.5) is 4.39 Å². The average molecular weight is 415 g/mol. The molecule has 1 fully saturated rings. The normalized spacial score (nSPS) is 16.2. The third kappa shape index (κ3) is 4.38. The molecule has 0 radical (unpaired) electrons. The molecule has 0 spiro atoms. The van der Waals surface area contributed by atoms with Gasteiger partial charge in [-0.1, -0.05) is 12.1 Å². The molecule has 29 heavy (non-hydrogen) atoms. The van der Waals surface area contributed by atoms with Crippen molar-refractivity contribution in [1.82, 2.24) is 19.4 Å². The monoisotopic (exact) mass is 414 g/mol. The number of thiazole rings is 1. The average Bonchev–Trinajstić information content (AvgIpc) is 3.38. The first kappa shape index (κ1) is 19.7. The van der Waals surface area contributed by atoms with Crippen molar-refractivity contribution in [2.45, 2.75) is 25.4 Å². The molecule has 6 nitrogen and oxygen atoms in total. The summed E-state index contributed by atoms with van der Waals surface area (Å²) in [4.78, 5) is 23.3. The molecule has 2 aromatic heterocycles. The van der Waals surface area contributed by atoms with Crippen LogP contribution in [0.3, 0.4) is 0 Å². The number of benzene rings is 1. The largest absolute Gasteiger partial charge is 0.385 e. The minimum atomic E-state index is -0.617. The first-order valence-corrected chi connectivity index (χ1v) is 10.5. The van der Waals surface area contributed by atoms with E-state index in [0.717, 1.165) is 23.4 Å². The Morgan fingerprint density at radius 2 is 2.03 bits per heavy atom. The molecular formula is C21H23FN4O2S. The summed E-state index contributed by atoms with van der Waals surface area (Å²) in [5.74, 6) is 0.418. The number of carbonyl (C=O) groups excluding carboxylic acids is 1. The van der Waals surface area contributed by atoms with Crippen LogP contribution in [0.15, 0.2) is 42.0 Å². The van der Waals surface area contributed by atoms with E-state index in [0.29, 0.717) is 31.0 Å². The van der Waals surface area contributed by atoms with E-state index in [9.17, 15) is 14.3 Å². The van der Waals surface area contributed by atoms with Gasteiger partial charge in [-0.15, -0.1) is 11.3 Å². The number of aliphatic hydroxyl groups is 1. The lowest BCUT2D eigenvalue weighted by atomic mass is 9.90. The molecule has 4 rings (SSSR count). The molecule has 152 valence electrons. The highest BCUT2D eigenvalue weighted by molar-refractivity contribution is 7.09. The fourth-order valence-electron chi connectivity index (χ4n) is 3.72. The molecule has 0 bridgehead atoms. The summed E-state index contributed by atoms with van der Waals surface area (Å²) in [5, 5.41) is 13.2. The second kappa shape index (κ2) is 8.42. The lowest BCUT2D eigenvalue weighted by Gasteiger charge is -2.33. The van der Waals surface area contributed by atoms with Crippen molar-refractivity contribution in [1.29, 1.82) is 0 Å². The first-order chi connectivity index (χ1) is 14.0. The maximum atomic E-state index is 13.0. The maximum absolute atomic E-state index is 13.0. The first-order valence-electron chi connectivity index (χ1n) is 9.64. The van der Waals surface area contributed by atoms with E-state index >= 15 is 0 Å². The fraction of sp³-hybridized carbons (Fsp3) is 0.381. The van der Waals surface area contributed by atoms with Gasteiger partial charge in [0.05, 0.1) is 5.01 Å². The number of nitrogens with zero attached hydrogens (tertiary/aromatic N) is 4. The van der Waals surface area contributed by atoms with Crippen LogP contribution in [0.1, 0.15) is 45.8 Å². The maximum Gasteiger partial charge on any atom is 0.273 e. The SMILES string of the molecule is Cn1ccnc1C(O)C1CCN(C(=O)c2csc(Cc3ccc(F)cc3)n2)CC1. The van der Waals surface area contributed by atoms with E-state index in [4.69, 9.17) is 0 Å². The molecular weight excluding hydrogens is 391 g/mol. The van der Waals surface area contributed by atoms with Gasteiger partial charge in [-0.25, -0.2) is 14.4 Å². The smallest absolute Gasteiger partial charge is 0.273 e. The molecule has 1 aliphatic heterocycles. The molecule has 1 amide bonds. The van der Waals surface area contributed by atoms with E-state index < -0.39 is 6.10 Å². The predicted molar refractivity (Wildman–Crippen MR) is 108 cm³/mol. The minimum absolute atomic E-state index is 0.0727. The van der Waals surface area contributed by atoms with Crippen LogP contribution in [0, 0.1) is 11.7 Å². The molecule has 1 N–H and O–H groups in total. The zero-order valence-electron chi connectivity index (χ0n) is 16.2. The number of hydrogen-bond donors (Lipinski definition) is 1. The third-order valence-corrected chi connectivity index (χ3v) is 6.28. The van der Waals surface area contributed by atoms with Gasteiger partial charge in [-0.05, 0) is 36.5 Å². The summed E-state index contributed by atoms with van der Waals surface area (Å²) in [5.41, 5.74) is 1.42. The van der Waals surface area contributed by atoms with Crippen molar-refractivity contribution in [3.63, 3.8) is 0 Å². The number of likely N-dealkylation sites (tertiary alicyclic amines) is 1. The summed E-state index contributed by atoms with van der Waals surface area (Å²) in [6, 6.07) is 6.32. The Labute approximate surface area is 172 Å². The quantitative estimate of drug-likeness (QED) is 0.696. The Morgan fingerprint density at radius 1 is 1.31 bits per heavy atom. The van der Waals surface area contributed by atoms with Crippen LogP contribution in [-0.2, 0) is 13.5 Å². The van der Waals surface area contributed by atoms with Crippen LogP contribution in [0.2, 0.25) is 0 Å². The number of aliphatic hydroxyl groups excluding tert-OH is 1. The molecule has 0 aliphatic carbocycles. The summed E-state index contributed by atoms with van der Waals surface area (Å²) >= 11 is 1.44. The number of piperidine rings is 1. The van der Waals surface area contributed by atoms with Gasteiger partial charge >= 0.3 is 0 Å². The third-order valence-electron chi connectivity index (χ3n) is 5.44. The molecule has 1 atom stereocenters. The van der Waals surface area contributed by atoms with Crippen molar-refractivity contribution < 1.29 is 14.3 Å². The zero-order valence-corrected chi connectivity index (χ0v) is 17.0. The van der Waals surface area contributed by atoms with Crippen LogP contribution < -0.4 is 0 Å². The van der Waals surface area contributed by atoms with Crippen LogP contribution >= 0.6 is 11.3 Å². The van der Waals surface area contributed by atoms with Crippen LogP contribution in [0.5, 0.6) is 0 Å². The molecule has 1 unspecified atom stereocenters. The van der Waals surface area contributed by atoms with Crippen molar-refractivity contribution in [3.8, 4) is 0 Å². The number of aryl methyl sites for hydroxylation is 1. The molecule has 1 saturated heterocycles.